The zero-order valence-electron chi connectivity index (χ0n) is 15.1. The number of nitrogens with zero attached hydrogens (tertiary/aromatic N) is 3. The molecule has 2 fully saturated rings. The normalized spacial score (nSPS) is 18.9. The predicted octanol–water partition coefficient (Wildman–Crippen LogP) is 2.77. The smallest absolute Gasteiger partial charge is 0.319 e. The summed E-state index contributed by atoms with van der Waals surface area (Å²) in [6, 6.07) is 7.04. The molecule has 0 radical (unpaired) electrons. The Labute approximate surface area is 163 Å². The van der Waals surface area contributed by atoms with Crippen molar-refractivity contribution in [2.24, 2.45) is 0 Å². The van der Waals surface area contributed by atoms with Gasteiger partial charge in [-0.15, -0.1) is 11.8 Å². The lowest BCUT2D eigenvalue weighted by atomic mass is 10.0. The highest BCUT2D eigenvalue weighted by atomic mass is 35.5. The van der Waals surface area contributed by atoms with Gasteiger partial charge in [0.05, 0.1) is 4.87 Å². The van der Waals surface area contributed by atoms with E-state index in [4.69, 9.17) is 16.3 Å². The molecule has 26 heavy (non-hydrogen) atoms. The van der Waals surface area contributed by atoms with Gasteiger partial charge >= 0.3 is 6.03 Å². The number of rotatable bonds is 3. The summed E-state index contributed by atoms with van der Waals surface area (Å²) >= 11 is 7.69. The van der Waals surface area contributed by atoms with Gasteiger partial charge in [0.25, 0.3) is 5.91 Å². The van der Waals surface area contributed by atoms with E-state index in [0.29, 0.717) is 23.9 Å². The average molecular weight is 398 g/mol. The first-order valence-corrected chi connectivity index (χ1v) is 10.1. The molecule has 1 spiro atoms. The first kappa shape index (κ1) is 19.2. The van der Waals surface area contributed by atoms with E-state index in [-0.39, 0.29) is 23.4 Å². The molecule has 2 heterocycles. The van der Waals surface area contributed by atoms with Crippen LogP contribution in [0.2, 0.25) is 5.02 Å². The molecule has 0 bridgehead atoms. The number of halogens is 1. The maximum atomic E-state index is 12.8. The molecular formula is C18H24ClN3O3S. The van der Waals surface area contributed by atoms with Crippen LogP contribution in [0, 0.1) is 0 Å². The fraction of sp³-hybridized carbons (Fsp3) is 0.556. The Balaban J connectivity index is 1.58. The molecule has 3 amide bonds. The molecule has 0 aromatic heterocycles. The number of urea groups is 1. The molecule has 0 saturated carbocycles. The highest BCUT2D eigenvalue weighted by Gasteiger charge is 2.47. The van der Waals surface area contributed by atoms with Crippen LogP contribution in [0.15, 0.2) is 24.3 Å². The molecule has 0 atom stereocenters. The topological polar surface area (TPSA) is 53.1 Å². The van der Waals surface area contributed by atoms with Crippen LogP contribution in [-0.4, -0.2) is 77.6 Å². The number of likely N-dealkylation sites (tertiary alicyclic amines) is 1. The summed E-state index contributed by atoms with van der Waals surface area (Å²) in [6.45, 7) is 2.09. The summed E-state index contributed by atoms with van der Waals surface area (Å²) in [7, 11) is 3.53. The lowest BCUT2D eigenvalue weighted by Crippen LogP contribution is -2.55. The fourth-order valence-corrected chi connectivity index (χ4v) is 5.06. The number of carbonyl (C=O) groups excluding carboxylic acids is 2. The molecular weight excluding hydrogens is 374 g/mol. The second kappa shape index (κ2) is 7.96. The van der Waals surface area contributed by atoms with Crippen LogP contribution in [0.25, 0.3) is 0 Å². The number of hydrogen-bond donors (Lipinski definition) is 0. The van der Waals surface area contributed by atoms with Crippen molar-refractivity contribution in [2.45, 2.75) is 17.7 Å². The first-order valence-electron chi connectivity index (χ1n) is 8.70. The Morgan fingerprint density at radius 1 is 1.19 bits per heavy atom. The lowest BCUT2D eigenvalue weighted by Gasteiger charge is -2.44. The maximum Gasteiger partial charge on any atom is 0.319 e. The standard InChI is InChI=1S/C18H24ClN3O3S/c1-20(2)17(24)21-9-7-18(8-10-21)22(11-12-26-18)16(23)13-25-15-5-3-14(19)4-6-15/h3-6H,7-13H2,1-2H3. The van der Waals surface area contributed by atoms with Gasteiger partial charge in [-0.3, -0.25) is 4.79 Å². The molecule has 1 aromatic rings. The Morgan fingerprint density at radius 3 is 2.46 bits per heavy atom. The van der Waals surface area contributed by atoms with Crippen molar-refractivity contribution < 1.29 is 14.3 Å². The number of hydrogen-bond acceptors (Lipinski definition) is 4. The third-order valence-corrected chi connectivity index (χ3v) is 6.66. The van der Waals surface area contributed by atoms with Crippen molar-refractivity contribution in [3.63, 3.8) is 0 Å². The summed E-state index contributed by atoms with van der Waals surface area (Å²) in [6.07, 6.45) is 1.59. The van der Waals surface area contributed by atoms with Gasteiger partial charge in [0.15, 0.2) is 6.61 Å². The summed E-state index contributed by atoms with van der Waals surface area (Å²) in [5.74, 6) is 1.56. The molecule has 2 aliphatic heterocycles. The van der Waals surface area contributed by atoms with Crippen molar-refractivity contribution in [1.29, 1.82) is 0 Å². The number of carbonyl (C=O) groups is 2. The third-order valence-electron chi connectivity index (χ3n) is 4.85. The van der Waals surface area contributed by atoms with Crippen LogP contribution < -0.4 is 4.74 Å². The highest BCUT2D eigenvalue weighted by molar-refractivity contribution is 8.00. The van der Waals surface area contributed by atoms with Gasteiger partial charge in [-0.25, -0.2) is 4.79 Å². The summed E-state index contributed by atoms with van der Waals surface area (Å²) < 4.78 is 5.63. The zero-order valence-corrected chi connectivity index (χ0v) is 16.7. The maximum absolute atomic E-state index is 12.8. The minimum absolute atomic E-state index is 0.00247. The van der Waals surface area contributed by atoms with Gasteiger partial charge in [-0.1, -0.05) is 11.6 Å². The van der Waals surface area contributed by atoms with Gasteiger partial charge in [0.2, 0.25) is 0 Å². The highest BCUT2D eigenvalue weighted by Crippen LogP contribution is 2.44. The van der Waals surface area contributed by atoms with Crippen molar-refractivity contribution in [2.75, 3.05) is 46.1 Å². The van der Waals surface area contributed by atoms with E-state index < -0.39 is 0 Å². The van der Waals surface area contributed by atoms with E-state index in [0.717, 1.165) is 25.1 Å². The van der Waals surface area contributed by atoms with E-state index in [1.807, 2.05) is 21.6 Å². The van der Waals surface area contributed by atoms with E-state index in [1.54, 1.807) is 43.3 Å². The average Bonchev–Trinajstić information content (AvgIpc) is 3.04. The van der Waals surface area contributed by atoms with Crippen molar-refractivity contribution in [3.05, 3.63) is 29.3 Å². The number of benzene rings is 1. The predicted molar refractivity (Wildman–Crippen MR) is 104 cm³/mol. The van der Waals surface area contributed by atoms with Gasteiger partial charge in [0.1, 0.15) is 5.75 Å². The van der Waals surface area contributed by atoms with E-state index in [2.05, 4.69) is 0 Å². The molecule has 0 N–H and O–H groups in total. The third kappa shape index (κ3) is 4.04. The minimum atomic E-state index is -0.205. The fourth-order valence-electron chi connectivity index (χ4n) is 3.46. The van der Waals surface area contributed by atoms with Gasteiger partial charge in [-0.05, 0) is 37.1 Å². The monoisotopic (exact) mass is 397 g/mol. The van der Waals surface area contributed by atoms with E-state index in [9.17, 15) is 9.59 Å². The van der Waals surface area contributed by atoms with Crippen LogP contribution in [0.4, 0.5) is 4.79 Å². The molecule has 2 saturated heterocycles. The molecule has 2 aliphatic rings. The summed E-state index contributed by atoms with van der Waals surface area (Å²) in [4.78, 5) is 30.1. The van der Waals surface area contributed by atoms with E-state index >= 15 is 0 Å². The van der Waals surface area contributed by atoms with Gasteiger partial charge < -0.3 is 19.4 Å². The Bertz CT molecular complexity index is 660. The minimum Gasteiger partial charge on any atom is -0.484 e. The summed E-state index contributed by atoms with van der Waals surface area (Å²) in [5.41, 5.74) is 0. The summed E-state index contributed by atoms with van der Waals surface area (Å²) in [5, 5.41) is 0.637. The quantitative estimate of drug-likeness (QED) is 0.787. The van der Waals surface area contributed by atoms with Gasteiger partial charge in [-0.2, -0.15) is 0 Å². The molecule has 3 rings (SSSR count). The largest absolute Gasteiger partial charge is 0.484 e. The van der Waals surface area contributed by atoms with Crippen molar-refractivity contribution >= 4 is 35.3 Å². The molecule has 0 unspecified atom stereocenters. The molecule has 142 valence electrons. The molecule has 1 aromatic carbocycles. The second-order valence-electron chi connectivity index (χ2n) is 6.75. The lowest BCUT2D eigenvalue weighted by molar-refractivity contribution is -0.136. The van der Waals surface area contributed by atoms with E-state index in [1.165, 1.54) is 0 Å². The van der Waals surface area contributed by atoms with Crippen LogP contribution >= 0.6 is 23.4 Å². The SMILES string of the molecule is CN(C)C(=O)N1CCC2(CC1)SCCN2C(=O)COc1ccc(Cl)cc1. The van der Waals surface area contributed by atoms with Crippen LogP contribution in [-0.2, 0) is 4.79 Å². The Hall–Kier alpha value is -1.60. The number of ether oxygens (including phenoxy) is 1. The number of amides is 3. The van der Waals surface area contributed by atoms with Crippen LogP contribution in [0.3, 0.4) is 0 Å². The molecule has 8 heteroatoms. The van der Waals surface area contributed by atoms with Gasteiger partial charge in [0, 0.05) is 44.5 Å². The number of piperidine rings is 1. The molecule has 6 nitrogen and oxygen atoms in total. The molecule has 0 aliphatic carbocycles. The zero-order chi connectivity index (χ0) is 18.7. The Kier molecular flexibility index (Phi) is 5.87. The Morgan fingerprint density at radius 2 is 1.85 bits per heavy atom. The number of thioether (sulfide) groups is 1. The van der Waals surface area contributed by atoms with Crippen LogP contribution in [0.1, 0.15) is 12.8 Å². The van der Waals surface area contributed by atoms with Crippen molar-refractivity contribution in [1.82, 2.24) is 14.7 Å². The van der Waals surface area contributed by atoms with Crippen molar-refractivity contribution in [3.8, 4) is 5.75 Å². The first-order chi connectivity index (χ1) is 12.4. The second-order valence-corrected chi connectivity index (χ2v) is 8.64. The van der Waals surface area contributed by atoms with Crippen LogP contribution in [0.5, 0.6) is 5.75 Å².